The lowest BCUT2D eigenvalue weighted by Gasteiger charge is -2.09. The maximum Gasteiger partial charge on any atom is 0.274 e. The van der Waals surface area contributed by atoms with Crippen molar-refractivity contribution in [3.63, 3.8) is 0 Å². The lowest BCUT2D eigenvalue weighted by Crippen LogP contribution is -2.25. The van der Waals surface area contributed by atoms with Crippen molar-refractivity contribution < 1.29 is 22.3 Å². The van der Waals surface area contributed by atoms with E-state index in [1.807, 2.05) is 0 Å². The van der Waals surface area contributed by atoms with Crippen LogP contribution in [0.25, 0.3) is 0 Å². The van der Waals surface area contributed by atoms with E-state index in [0.29, 0.717) is 6.07 Å². The molecule has 0 atom stereocenters. The highest BCUT2D eigenvalue weighted by Crippen LogP contribution is 2.27. The number of anilines is 1. The van der Waals surface area contributed by atoms with E-state index in [0.717, 1.165) is 6.07 Å². The van der Waals surface area contributed by atoms with Gasteiger partial charge < -0.3 is 10.3 Å². The van der Waals surface area contributed by atoms with Crippen LogP contribution in [0.4, 0.5) is 15.8 Å². The fraction of sp³-hybridized carbons (Fsp3) is 0.100. The van der Waals surface area contributed by atoms with Gasteiger partial charge in [0.2, 0.25) is 10.0 Å². The second kappa shape index (κ2) is 5.46. The largest absolute Gasteiger partial charge is 0.397 e. The summed E-state index contributed by atoms with van der Waals surface area (Å²) in [5, 5.41) is 14.0. The van der Waals surface area contributed by atoms with Crippen LogP contribution >= 0.6 is 0 Å². The number of rotatable bonds is 5. The molecule has 2 rings (SSSR count). The zero-order chi connectivity index (χ0) is 15.6. The Morgan fingerprint density at radius 1 is 1.48 bits per heavy atom. The predicted molar refractivity (Wildman–Crippen MR) is 68.0 cm³/mol. The quantitative estimate of drug-likeness (QED) is 0.471. The summed E-state index contributed by atoms with van der Waals surface area (Å²) in [5.41, 5.74) is 4.48. The van der Waals surface area contributed by atoms with Crippen molar-refractivity contribution >= 4 is 21.4 Å². The average molecular weight is 316 g/mol. The fourth-order valence-corrected chi connectivity index (χ4v) is 2.73. The van der Waals surface area contributed by atoms with E-state index in [1.54, 1.807) is 0 Å². The third-order valence-electron chi connectivity index (χ3n) is 2.47. The molecule has 11 heteroatoms. The number of hydrogen-bond donors (Lipinski definition) is 2. The number of aromatic nitrogens is 1. The Hall–Kier alpha value is -2.53. The monoisotopic (exact) mass is 316 g/mol. The van der Waals surface area contributed by atoms with Crippen LogP contribution in [0.3, 0.4) is 0 Å². The smallest absolute Gasteiger partial charge is 0.274 e. The third kappa shape index (κ3) is 3.14. The minimum atomic E-state index is -4.29. The van der Waals surface area contributed by atoms with Gasteiger partial charge in [0, 0.05) is 12.1 Å². The molecule has 2 aromatic rings. The van der Waals surface area contributed by atoms with Crippen LogP contribution < -0.4 is 10.5 Å². The highest BCUT2D eigenvalue weighted by atomic mass is 32.2. The highest BCUT2D eigenvalue weighted by molar-refractivity contribution is 7.89. The Labute approximate surface area is 117 Å². The summed E-state index contributed by atoms with van der Waals surface area (Å²) in [7, 11) is -4.29. The lowest BCUT2D eigenvalue weighted by atomic mass is 10.3. The molecular formula is C10H9FN4O5S. The van der Waals surface area contributed by atoms with Gasteiger partial charge in [-0.1, -0.05) is 5.16 Å². The number of halogens is 1. The maximum absolute atomic E-state index is 13.8. The van der Waals surface area contributed by atoms with Gasteiger partial charge in [0.1, 0.15) is 11.2 Å². The van der Waals surface area contributed by atoms with Crippen LogP contribution in [0.5, 0.6) is 0 Å². The second-order valence-electron chi connectivity index (χ2n) is 3.92. The molecule has 0 aliphatic carbocycles. The Bertz CT molecular complexity index is 752. The van der Waals surface area contributed by atoms with E-state index < -0.39 is 37.0 Å². The number of nitrogens with zero attached hydrogens (tertiary/aromatic N) is 2. The number of nitro groups is 1. The summed E-state index contributed by atoms with van der Waals surface area (Å²) in [6, 6.07) is 2.67. The fourth-order valence-electron chi connectivity index (χ4n) is 1.56. The van der Waals surface area contributed by atoms with Crippen molar-refractivity contribution in [2.24, 2.45) is 0 Å². The van der Waals surface area contributed by atoms with Crippen molar-refractivity contribution in [2.75, 3.05) is 5.73 Å². The molecule has 9 nitrogen and oxygen atoms in total. The normalized spacial score (nSPS) is 11.5. The van der Waals surface area contributed by atoms with Crippen LogP contribution in [0, 0.1) is 15.9 Å². The molecule has 21 heavy (non-hydrogen) atoms. The van der Waals surface area contributed by atoms with Crippen molar-refractivity contribution in [1.82, 2.24) is 9.88 Å². The van der Waals surface area contributed by atoms with Crippen LogP contribution in [0.15, 0.2) is 33.9 Å². The van der Waals surface area contributed by atoms with Crippen LogP contribution in [0.1, 0.15) is 5.69 Å². The van der Waals surface area contributed by atoms with E-state index in [4.69, 9.17) is 5.73 Å². The first-order chi connectivity index (χ1) is 9.81. The summed E-state index contributed by atoms with van der Waals surface area (Å²) in [6.45, 7) is -0.241. The predicted octanol–water partition coefficient (Wildman–Crippen LogP) is 0.783. The van der Waals surface area contributed by atoms with Gasteiger partial charge in [-0.15, -0.1) is 0 Å². The van der Waals surface area contributed by atoms with Crippen molar-refractivity contribution in [3.8, 4) is 0 Å². The minimum Gasteiger partial charge on any atom is -0.397 e. The SMILES string of the molecule is Nc1cc([N+](=O)[O-])cc(F)c1S(=O)(=O)NCc1ccon1. The van der Waals surface area contributed by atoms with Crippen LogP contribution in [-0.2, 0) is 16.6 Å². The van der Waals surface area contributed by atoms with Gasteiger partial charge in [-0.3, -0.25) is 10.1 Å². The molecule has 0 bridgehead atoms. The van der Waals surface area contributed by atoms with E-state index in [2.05, 4.69) is 14.4 Å². The molecule has 0 fully saturated rings. The van der Waals surface area contributed by atoms with E-state index in [9.17, 15) is 22.9 Å². The third-order valence-corrected chi connectivity index (χ3v) is 3.96. The first-order valence-electron chi connectivity index (χ1n) is 5.43. The molecule has 0 spiro atoms. The first kappa shape index (κ1) is 14.9. The minimum absolute atomic E-state index is 0.241. The Morgan fingerprint density at radius 3 is 2.71 bits per heavy atom. The summed E-state index contributed by atoms with van der Waals surface area (Å²) in [6.07, 6.45) is 1.24. The van der Waals surface area contributed by atoms with Gasteiger partial charge in [0.15, 0.2) is 5.82 Å². The number of nitrogens with one attached hydrogen (secondary N) is 1. The van der Waals surface area contributed by atoms with Crippen LogP contribution in [-0.4, -0.2) is 18.5 Å². The van der Waals surface area contributed by atoms with Gasteiger partial charge in [0.25, 0.3) is 5.69 Å². The topological polar surface area (TPSA) is 141 Å². The number of nitrogens with two attached hydrogens (primary N) is 1. The zero-order valence-corrected chi connectivity index (χ0v) is 11.1. The number of benzene rings is 1. The molecule has 0 amide bonds. The van der Waals surface area contributed by atoms with E-state index >= 15 is 0 Å². The van der Waals surface area contributed by atoms with Crippen molar-refractivity contribution in [1.29, 1.82) is 0 Å². The van der Waals surface area contributed by atoms with Gasteiger partial charge in [0.05, 0.1) is 28.9 Å². The number of nitrogen functional groups attached to an aromatic ring is 1. The summed E-state index contributed by atoms with van der Waals surface area (Å²) in [5.74, 6) is -1.31. The summed E-state index contributed by atoms with van der Waals surface area (Å²) < 4.78 is 44.4. The summed E-state index contributed by atoms with van der Waals surface area (Å²) in [4.78, 5) is 8.82. The van der Waals surface area contributed by atoms with Gasteiger partial charge in [-0.25, -0.2) is 17.5 Å². The Balaban J connectivity index is 2.33. The molecule has 1 heterocycles. The number of sulfonamides is 1. The lowest BCUT2D eigenvalue weighted by molar-refractivity contribution is -0.385. The number of hydrogen-bond acceptors (Lipinski definition) is 7. The standard InChI is InChI=1S/C10H9FN4O5S/c11-8-3-7(15(16)17)4-9(12)10(8)21(18,19)13-5-6-1-2-20-14-6/h1-4,13H,5,12H2. The molecule has 0 aliphatic rings. The van der Waals surface area contributed by atoms with E-state index in [1.165, 1.54) is 12.3 Å². The van der Waals surface area contributed by atoms with Gasteiger partial charge in [-0.2, -0.15) is 0 Å². The highest BCUT2D eigenvalue weighted by Gasteiger charge is 2.25. The Kier molecular flexibility index (Phi) is 3.86. The molecule has 112 valence electrons. The second-order valence-corrected chi connectivity index (χ2v) is 5.62. The number of non-ortho nitro benzene ring substituents is 1. The first-order valence-corrected chi connectivity index (χ1v) is 6.92. The Morgan fingerprint density at radius 2 is 2.19 bits per heavy atom. The average Bonchev–Trinajstić information content (AvgIpc) is 2.88. The molecule has 0 radical (unpaired) electrons. The van der Waals surface area contributed by atoms with Crippen molar-refractivity contribution in [3.05, 3.63) is 46.1 Å². The number of nitro benzene ring substituents is 1. The molecule has 1 aromatic carbocycles. The maximum atomic E-state index is 13.8. The zero-order valence-electron chi connectivity index (χ0n) is 10.3. The molecule has 1 aromatic heterocycles. The molecular weight excluding hydrogens is 307 g/mol. The molecule has 0 saturated heterocycles. The van der Waals surface area contributed by atoms with Crippen molar-refractivity contribution in [2.45, 2.75) is 11.4 Å². The van der Waals surface area contributed by atoms with Crippen LogP contribution in [0.2, 0.25) is 0 Å². The summed E-state index contributed by atoms with van der Waals surface area (Å²) >= 11 is 0. The molecule has 0 saturated carbocycles. The molecule has 0 aliphatic heterocycles. The van der Waals surface area contributed by atoms with Gasteiger partial charge in [-0.05, 0) is 0 Å². The molecule has 0 unspecified atom stereocenters. The van der Waals surface area contributed by atoms with Gasteiger partial charge >= 0.3 is 0 Å². The molecule has 3 N–H and O–H groups in total. The van der Waals surface area contributed by atoms with E-state index in [-0.39, 0.29) is 12.2 Å².